The van der Waals surface area contributed by atoms with E-state index in [0.29, 0.717) is 17.6 Å². The largest absolute Gasteiger partial charge is 0.299 e. The molecule has 13 heavy (non-hydrogen) atoms. The maximum atomic E-state index is 11.9. The highest BCUT2D eigenvalue weighted by atomic mass is 16.1. The van der Waals surface area contributed by atoms with Crippen LogP contribution in [0.25, 0.3) is 0 Å². The molecule has 0 aromatic carbocycles. The van der Waals surface area contributed by atoms with Crippen molar-refractivity contribution in [2.75, 3.05) is 0 Å². The van der Waals surface area contributed by atoms with Gasteiger partial charge in [-0.2, -0.15) is 0 Å². The van der Waals surface area contributed by atoms with Crippen molar-refractivity contribution in [3.8, 4) is 0 Å². The Morgan fingerprint density at radius 3 is 2.69 bits per heavy atom. The molecule has 0 aliphatic heterocycles. The maximum Gasteiger partial charge on any atom is 0.139 e. The van der Waals surface area contributed by atoms with Gasteiger partial charge in [0.2, 0.25) is 0 Å². The lowest BCUT2D eigenvalue weighted by molar-refractivity contribution is -0.136. The molecule has 2 aliphatic rings. The van der Waals surface area contributed by atoms with Crippen molar-refractivity contribution < 1.29 is 4.79 Å². The predicted molar refractivity (Wildman–Crippen MR) is 53.4 cm³/mol. The van der Waals surface area contributed by atoms with Crippen molar-refractivity contribution in [1.29, 1.82) is 0 Å². The minimum absolute atomic E-state index is 0.0202. The molecule has 3 atom stereocenters. The van der Waals surface area contributed by atoms with Gasteiger partial charge in [-0.1, -0.05) is 27.2 Å². The zero-order chi connectivity index (χ0) is 9.64. The van der Waals surface area contributed by atoms with E-state index in [1.165, 1.54) is 19.3 Å². The number of rotatable bonds is 0. The molecule has 0 bridgehead atoms. The van der Waals surface area contributed by atoms with E-state index in [9.17, 15) is 4.79 Å². The fourth-order valence-electron chi connectivity index (χ4n) is 3.48. The van der Waals surface area contributed by atoms with Gasteiger partial charge in [0.05, 0.1) is 0 Å². The summed E-state index contributed by atoms with van der Waals surface area (Å²) in [5, 5.41) is 0. The van der Waals surface area contributed by atoms with Crippen molar-refractivity contribution in [3.05, 3.63) is 0 Å². The molecule has 0 spiro atoms. The Morgan fingerprint density at radius 2 is 2.00 bits per heavy atom. The van der Waals surface area contributed by atoms with Crippen LogP contribution in [0.2, 0.25) is 0 Å². The van der Waals surface area contributed by atoms with E-state index >= 15 is 0 Å². The quantitative estimate of drug-likeness (QED) is 0.560. The Hall–Kier alpha value is -0.330. The van der Waals surface area contributed by atoms with E-state index in [4.69, 9.17) is 0 Å². The van der Waals surface area contributed by atoms with Crippen LogP contribution < -0.4 is 0 Å². The molecular formula is C12H20O. The molecule has 2 fully saturated rings. The van der Waals surface area contributed by atoms with E-state index < -0.39 is 0 Å². The van der Waals surface area contributed by atoms with Gasteiger partial charge >= 0.3 is 0 Å². The van der Waals surface area contributed by atoms with Gasteiger partial charge < -0.3 is 0 Å². The molecule has 0 amide bonds. The number of carbonyl (C=O) groups is 1. The van der Waals surface area contributed by atoms with Gasteiger partial charge in [0.1, 0.15) is 5.78 Å². The Balaban J connectivity index is 2.28. The number of fused-ring (bicyclic) bond motifs is 1. The molecule has 0 N–H and O–H groups in total. The van der Waals surface area contributed by atoms with Crippen molar-refractivity contribution in [2.45, 2.75) is 46.5 Å². The minimum Gasteiger partial charge on any atom is -0.299 e. The molecule has 2 rings (SSSR count). The molecular weight excluding hydrogens is 160 g/mol. The average Bonchev–Trinajstić information content (AvgIpc) is 2.49. The monoisotopic (exact) mass is 180 g/mol. The summed E-state index contributed by atoms with van der Waals surface area (Å²) in [7, 11) is 0. The van der Waals surface area contributed by atoms with Gasteiger partial charge in [-0.15, -0.1) is 0 Å². The van der Waals surface area contributed by atoms with Crippen LogP contribution in [-0.2, 0) is 4.79 Å². The zero-order valence-electron chi connectivity index (χ0n) is 8.97. The standard InChI is InChI=1S/C12H20O/c1-8-7-11(13)12(2,3)10-6-4-5-9(8)10/h8-10H,4-7H2,1-3H3/t8-,9+,10+/m0/s1. The first kappa shape index (κ1) is 9.23. The number of carbonyl (C=O) groups excluding carboxylic acids is 1. The van der Waals surface area contributed by atoms with E-state index in [1.807, 2.05) is 0 Å². The second-order valence-electron chi connectivity index (χ2n) is 5.53. The molecule has 74 valence electrons. The zero-order valence-corrected chi connectivity index (χ0v) is 8.97. The molecule has 0 heterocycles. The first-order valence-electron chi connectivity index (χ1n) is 5.57. The van der Waals surface area contributed by atoms with Gasteiger partial charge in [-0.3, -0.25) is 4.79 Å². The second kappa shape index (κ2) is 2.83. The molecule has 2 saturated carbocycles. The number of hydrogen-bond acceptors (Lipinski definition) is 1. The van der Waals surface area contributed by atoms with E-state index in [1.54, 1.807) is 0 Å². The Kier molecular flexibility index (Phi) is 2.01. The van der Waals surface area contributed by atoms with Crippen LogP contribution in [0.4, 0.5) is 0 Å². The maximum absolute atomic E-state index is 11.9. The van der Waals surface area contributed by atoms with Gasteiger partial charge in [0.15, 0.2) is 0 Å². The third kappa shape index (κ3) is 1.24. The van der Waals surface area contributed by atoms with Gasteiger partial charge in [0.25, 0.3) is 0 Å². The summed E-state index contributed by atoms with van der Waals surface area (Å²) in [6, 6.07) is 0. The molecule has 0 aromatic heterocycles. The van der Waals surface area contributed by atoms with Crippen molar-refractivity contribution in [2.24, 2.45) is 23.2 Å². The molecule has 2 aliphatic carbocycles. The average molecular weight is 180 g/mol. The van der Waals surface area contributed by atoms with Crippen LogP contribution in [0.5, 0.6) is 0 Å². The summed E-state index contributed by atoms with van der Waals surface area (Å²) >= 11 is 0. The molecule has 1 heteroatoms. The van der Waals surface area contributed by atoms with Crippen LogP contribution in [0.1, 0.15) is 46.5 Å². The van der Waals surface area contributed by atoms with Crippen LogP contribution in [-0.4, -0.2) is 5.78 Å². The predicted octanol–water partition coefficient (Wildman–Crippen LogP) is 3.04. The van der Waals surface area contributed by atoms with E-state index in [0.717, 1.165) is 12.3 Å². The summed E-state index contributed by atoms with van der Waals surface area (Å²) in [5.74, 6) is 2.67. The number of ketones is 1. The first-order chi connectivity index (χ1) is 6.03. The highest BCUT2D eigenvalue weighted by Crippen LogP contribution is 2.52. The summed E-state index contributed by atoms with van der Waals surface area (Å²) in [5.41, 5.74) is -0.0202. The number of Topliss-reactive ketones (excluding diaryl/α,β-unsaturated/α-hetero) is 1. The van der Waals surface area contributed by atoms with Gasteiger partial charge in [-0.05, 0) is 30.6 Å². The third-order valence-corrected chi connectivity index (χ3v) is 4.45. The molecule has 0 aromatic rings. The molecule has 0 saturated heterocycles. The third-order valence-electron chi connectivity index (χ3n) is 4.45. The lowest BCUT2D eigenvalue weighted by Crippen LogP contribution is -2.43. The summed E-state index contributed by atoms with van der Waals surface area (Å²) < 4.78 is 0. The van der Waals surface area contributed by atoms with Crippen molar-refractivity contribution in [3.63, 3.8) is 0 Å². The summed E-state index contributed by atoms with van der Waals surface area (Å²) in [4.78, 5) is 11.9. The van der Waals surface area contributed by atoms with Crippen molar-refractivity contribution >= 4 is 5.78 Å². The molecule has 0 unspecified atom stereocenters. The number of hydrogen-bond donors (Lipinski definition) is 0. The second-order valence-corrected chi connectivity index (χ2v) is 5.53. The van der Waals surface area contributed by atoms with E-state index in [-0.39, 0.29) is 5.41 Å². The van der Waals surface area contributed by atoms with Crippen LogP contribution in [0.15, 0.2) is 0 Å². The smallest absolute Gasteiger partial charge is 0.139 e. The summed E-state index contributed by atoms with van der Waals surface area (Å²) in [6.45, 7) is 6.57. The first-order valence-corrected chi connectivity index (χ1v) is 5.57. The lowest BCUT2D eigenvalue weighted by atomic mass is 9.61. The fourth-order valence-corrected chi connectivity index (χ4v) is 3.48. The Morgan fingerprint density at radius 1 is 1.31 bits per heavy atom. The van der Waals surface area contributed by atoms with Gasteiger partial charge in [-0.25, -0.2) is 0 Å². The lowest BCUT2D eigenvalue weighted by Gasteiger charge is -2.42. The highest BCUT2D eigenvalue weighted by molar-refractivity contribution is 5.85. The Bertz CT molecular complexity index is 229. The normalized spacial score (nSPS) is 43.3. The topological polar surface area (TPSA) is 17.1 Å². The highest BCUT2D eigenvalue weighted by Gasteiger charge is 2.49. The minimum atomic E-state index is -0.0202. The summed E-state index contributed by atoms with van der Waals surface area (Å²) in [6.07, 6.45) is 4.82. The van der Waals surface area contributed by atoms with Gasteiger partial charge in [0, 0.05) is 11.8 Å². The Labute approximate surface area is 80.9 Å². The molecule has 1 nitrogen and oxygen atoms in total. The molecule has 0 radical (unpaired) electrons. The van der Waals surface area contributed by atoms with Crippen LogP contribution in [0, 0.1) is 23.2 Å². The fraction of sp³-hybridized carbons (Fsp3) is 0.917. The van der Waals surface area contributed by atoms with Crippen LogP contribution in [0.3, 0.4) is 0 Å². The van der Waals surface area contributed by atoms with E-state index in [2.05, 4.69) is 20.8 Å². The van der Waals surface area contributed by atoms with Crippen molar-refractivity contribution in [1.82, 2.24) is 0 Å². The SMILES string of the molecule is C[C@H]1CC(=O)C(C)(C)[C@@H]2CCC[C@@H]21. The van der Waals surface area contributed by atoms with Crippen LogP contribution >= 0.6 is 0 Å².